The van der Waals surface area contributed by atoms with E-state index in [9.17, 15) is 9.59 Å². The van der Waals surface area contributed by atoms with Gasteiger partial charge in [0.05, 0.1) is 17.4 Å². The van der Waals surface area contributed by atoms with Crippen LogP contribution in [-0.4, -0.2) is 32.0 Å². The first kappa shape index (κ1) is 20.5. The number of carbonyl (C=O) groups is 2. The number of hydrogen-bond donors (Lipinski definition) is 0. The van der Waals surface area contributed by atoms with Gasteiger partial charge in [-0.15, -0.1) is 0 Å². The van der Waals surface area contributed by atoms with Crippen LogP contribution >= 0.6 is 11.6 Å². The molecule has 2 heterocycles. The van der Waals surface area contributed by atoms with Crippen LogP contribution < -0.4 is 14.9 Å². The molecule has 0 N–H and O–H groups in total. The number of rotatable bonds is 4. The zero-order valence-electron chi connectivity index (χ0n) is 17.7. The van der Waals surface area contributed by atoms with Crippen LogP contribution in [0.5, 0.6) is 0 Å². The van der Waals surface area contributed by atoms with E-state index in [0.717, 1.165) is 16.9 Å². The Morgan fingerprint density at radius 1 is 0.812 bits per heavy atom. The van der Waals surface area contributed by atoms with Crippen molar-refractivity contribution >= 4 is 40.5 Å². The topological polar surface area (TPSA) is 53.1 Å². The third-order valence-corrected chi connectivity index (χ3v) is 6.21. The first-order valence-corrected chi connectivity index (χ1v) is 10.8. The highest BCUT2D eigenvalue weighted by molar-refractivity contribution is 6.30. The SMILES string of the molecule is CN(C)c1ccc([C@H]2[C@H]3C(=O)N(c4ccccc4)C(=O)[C@H]3ON2c2ccc(Cl)cc2)cc1. The minimum Gasteiger partial charge on any atom is -0.378 e. The number of imide groups is 1. The number of amides is 2. The predicted molar refractivity (Wildman–Crippen MR) is 125 cm³/mol. The zero-order valence-corrected chi connectivity index (χ0v) is 18.4. The third kappa shape index (κ3) is 3.32. The zero-order chi connectivity index (χ0) is 22.4. The molecule has 0 aliphatic carbocycles. The van der Waals surface area contributed by atoms with Crippen molar-refractivity contribution in [2.75, 3.05) is 29.0 Å². The average Bonchev–Trinajstić information content (AvgIpc) is 3.31. The Morgan fingerprint density at radius 2 is 1.47 bits per heavy atom. The van der Waals surface area contributed by atoms with Gasteiger partial charge < -0.3 is 4.90 Å². The first-order chi connectivity index (χ1) is 15.5. The summed E-state index contributed by atoms with van der Waals surface area (Å²) in [6.45, 7) is 0. The molecule has 2 aliphatic heterocycles. The summed E-state index contributed by atoms with van der Waals surface area (Å²) in [4.78, 5) is 36.2. The number of halogens is 1. The first-order valence-electron chi connectivity index (χ1n) is 10.4. The van der Waals surface area contributed by atoms with Crippen molar-refractivity contribution in [1.82, 2.24) is 0 Å². The molecule has 0 bridgehead atoms. The van der Waals surface area contributed by atoms with E-state index >= 15 is 0 Å². The second-order valence-corrected chi connectivity index (χ2v) is 8.57. The number of fused-ring (bicyclic) bond motifs is 1. The van der Waals surface area contributed by atoms with Crippen molar-refractivity contribution in [3.63, 3.8) is 0 Å². The number of benzene rings is 3. The van der Waals surface area contributed by atoms with Crippen LogP contribution in [0.1, 0.15) is 11.6 Å². The summed E-state index contributed by atoms with van der Waals surface area (Å²) in [5.41, 5.74) is 3.23. The van der Waals surface area contributed by atoms with E-state index in [4.69, 9.17) is 16.4 Å². The van der Waals surface area contributed by atoms with Gasteiger partial charge in [-0.2, -0.15) is 0 Å². The number of hydrogen-bond acceptors (Lipinski definition) is 5. The number of nitrogens with zero attached hydrogens (tertiary/aromatic N) is 3. The number of anilines is 3. The van der Waals surface area contributed by atoms with Crippen LogP contribution in [-0.2, 0) is 14.4 Å². The summed E-state index contributed by atoms with van der Waals surface area (Å²) in [7, 11) is 3.95. The lowest BCUT2D eigenvalue weighted by atomic mass is 9.90. The minimum absolute atomic E-state index is 0.260. The minimum atomic E-state index is -0.892. The highest BCUT2D eigenvalue weighted by Crippen LogP contribution is 2.47. The Bertz CT molecular complexity index is 1150. The smallest absolute Gasteiger partial charge is 0.266 e. The molecule has 2 fully saturated rings. The fourth-order valence-electron chi connectivity index (χ4n) is 4.37. The molecule has 0 saturated carbocycles. The normalized spacial score (nSPS) is 22.4. The lowest BCUT2D eigenvalue weighted by Crippen LogP contribution is -2.37. The molecular formula is C25H22ClN3O3. The Kier molecular flexibility index (Phi) is 5.12. The summed E-state index contributed by atoms with van der Waals surface area (Å²) in [6, 6.07) is 23.7. The predicted octanol–water partition coefficient (Wildman–Crippen LogP) is 4.46. The quantitative estimate of drug-likeness (QED) is 0.553. The van der Waals surface area contributed by atoms with E-state index in [0.29, 0.717) is 10.7 Å². The van der Waals surface area contributed by atoms with Crippen molar-refractivity contribution in [2.24, 2.45) is 5.92 Å². The maximum atomic E-state index is 13.6. The maximum absolute atomic E-state index is 13.6. The van der Waals surface area contributed by atoms with Crippen molar-refractivity contribution in [3.8, 4) is 0 Å². The summed E-state index contributed by atoms with van der Waals surface area (Å²) in [5.74, 6) is -1.27. The molecule has 3 aromatic rings. The van der Waals surface area contributed by atoms with E-state index in [1.54, 1.807) is 29.3 Å². The highest BCUT2D eigenvalue weighted by atomic mass is 35.5. The third-order valence-electron chi connectivity index (χ3n) is 5.96. The summed E-state index contributed by atoms with van der Waals surface area (Å²) < 4.78 is 0. The Labute approximate surface area is 191 Å². The van der Waals surface area contributed by atoms with Gasteiger partial charge in [-0.3, -0.25) is 14.4 Å². The van der Waals surface area contributed by atoms with Gasteiger partial charge in [0.2, 0.25) is 5.91 Å². The van der Waals surface area contributed by atoms with Crippen molar-refractivity contribution < 1.29 is 14.4 Å². The van der Waals surface area contributed by atoms with Gasteiger partial charge in [-0.25, -0.2) is 9.96 Å². The molecule has 2 aliphatic rings. The maximum Gasteiger partial charge on any atom is 0.266 e. The largest absolute Gasteiger partial charge is 0.378 e. The van der Waals surface area contributed by atoms with Gasteiger partial charge in [-0.1, -0.05) is 41.9 Å². The molecular weight excluding hydrogens is 426 g/mol. The fourth-order valence-corrected chi connectivity index (χ4v) is 4.49. The van der Waals surface area contributed by atoms with Crippen LogP contribution in [0.3, 0.4) is 0 Å². The summed E-state index contributed by atoms with van der Waals surface area (Å²) >= 11 is 6.07. The number of hydroxylamine groups is 1. The standard InChI is InChI=1S/C25H22ClN3O3/c1-27(2)18-12-8-16(9-13-18)22-21-23(32-29(22)20-14-10-17(26)11-15-20)25(31)28(24(21)30)19-6-4-3-5-7-19/h3-15,21-23H,1-2H3/t21-,22+,23+/m1/s1. The molecule has 2 amide bonds. The van der Waals surface area contributed by atoms with E-state index in [-0.39, 0.29) is 11.8 Å². The van der Waals surface area contributed by atoms with Crippen molar-refractivity contribution in [3.05, 3.63) is 89.4 Å². The molecule has 0 aromatic heterocycles. The van der Waals surface area contributed by atoms with Crippen LogP contribution in [0.25, 0.3) is 0 Å². The van der Waals surface area contributed by atoms with Gasteiger partial charge in [0.1, 0.15) is 5.92 Å². The van der Waals surface area contributed by atoms with Crippen LogP contribution in [0, 0.1) is 5.92 Å². The lowest BCUT2D eigenvalue weighted by Gasteiger charge is -2.29. The molecule has 0 unspecified atom stereocenters. The van der Waals surface area contributed by atoms with Crippen molar-refractivity contribution in [2.45, 2.75) is 12.1 Å². The molecule has 32 heavy (non-hydrogen) atoms. The second-order valence-electron chi connectivity index (χ2n) is 8.13. The van der Waals surface area contributed by atoms with Gasteiger partial charge >= 0.3 is 0 Å². The van der Waals surface area contributed by atoms with Crippen LogP contribution in [0.4, 0.5) is 17.1 Å². The molecule has 3 atom stereocenters. The fraction of sp³-hybridized carbons (Fsp3) is 0.200. The van der Waals surface area contributed by atoms with Crippen molar-refractivity contribution in [1.29, 1.82) is 0 Å². The monoisotopic (exact) mass is 447 g/mol. The Balaban J connectivity index is 1.57. The van der Waals surface area contributed by atoms with E-state index < -0.39 is 18.1 Å². The average molecular weight is 448 g/mol. The van der Waals surface area contributed by atoms with Gasteiger partial charge in [0.15, 0.2) is 6.10 Å². The van der Waals surface area contributed by atoms with Gasteiger partial charge in [0.25, 0.3) is 5.91 Å². The lowest BCUT2D eigenvalue weighted by molar-refractivity contribution is -0.126. The Morgan fingerprint density at radius 3 is 2.09 bits per heavy atom. The van der Waals surface area contributed by atoms with Gasteiger partial charge in [0, 0.05) is 24.8 Å². The molecule has 0 spiro atoms. The summed E-state index contributed by atoms with van der Waals surface area (Å²) in [5, 5.41) is 2.27. The molecule has 2 saturated heterocycles. The molecule has 162 valence electrons. The van der Waals surface area contributed by atoms with Crippen LogP contribution in [0.15, 0.2) is 78.9 Å². The summed E-state index contributed by atoms with van der Waals surface area (Å²) in [6.07, 6.45) is -0.892. The van der Waals surface area contributed by atoms with Crippen LogP contribution in [0.2, 0.25) is 5.02 Å². The molecule has 3 aromatic carbocycles. The molecule has 7 heteroatoms. The highest BCUT2D eigenvalue weighted by Gasteiger charge is 2.60. The van der Waals surface area contributed by atoms with Gasteiger partial charge in [-0.05, 0) is 54.1 Å². The number of para-hydroxylation sites is 1. The van der Waals surface area contributed by atoms with E-state index in [1.165, 1.54) is 4.90 Å². The van der Waals surface area contributed by atoms with E-state index in [1.807, 2.05) is 73.6 Å². The molecule has 5 rings (SSSR count). The second kappa shape index (κ2) is 7.97. The molecule has 0 radical (unpaired) electrons. The molecule has 6 nitrogen and oxygen atoms in total. The Hall–Kier alpha value is -3.35. The van der Waals surface area contributed by atoms with E-state index in [2.05, 4.69) is 0 Å². The number of carbonyl (C=O) groups excluding carboxylic acids is 2.